The molecule has 100 valence electrons. The van der Waals surface area contributed by atoms with Gasteiger partial charge < -0.3 is 5.73 Å². The Hall–Kier alpha value is -1.16. The molecule has 0 heterocycles. The van der Waals surface area contributed by atoms with Crippen LogP contribution in [-0.2, 0) is 5.54 Å². The van der Waals surface area contributed by atoms with Crippen molar-refractivity contribution in [1.29, 1.82) is 0 Å². The van der Waals surface area contributed by atoms with Gasteiger partial charge in [0.2, 0.25) is 0 Å². The van der Waals surface area contributed by atoms with E-state index < -0.39 is 17.2 Å². The predicted molar refractivity (Wildman–Crippen MR) is 73.5 cm³/mol. The van der Waals surface area contributed by atoms with Crippen LogP contribution >= 0.6 is 23.2 Å². The van der Waals surface area contributed by atoms with Crippen LogP contribution in [0.5, 0.6) is 0 Å². The number of nitrogens with two attached hydrogens (primary N) is 1. The van der Waals surface area contributed by atoms with Crippen molar-refractivity contribution in [3.8, 4) is 0 Å². The summed E-state index contributed by atoms with van der Waals surface area (Å²) in [5.74, 6) is -1.35. The van der Waals surface area contributed by atoms with Crippen molar-refractivity contribution >= 4 is 23.2 Å². The van der Waals surface area contributed by atoms with Crippen molar-refractivity contribution in [2.45, 2.75) is 12.5 Å². The fourth-order valence-corrected chi connectivity index (χ4v) is 2.14. The molecule has 0 bridgehead atoms. The number of hydrogen-bond acceptors (Lipinski definition) is 1. The molecule has 0 radical (unpaired) electrons. The molecule has 2 N–H and O–H groups in total. The Morgan fingerprint density at radius 3 is 2.00 bits per heavy atom. The van der Waals surface area contributed by atoms with Crippen molar-refractivity contribution in [2.75, 3.05) is 0 Å². The molecule has 5 heteroatoms. The number of rotatable bonds is 2. The maximum atomic E-state index is 13.3. The van der Waals surface area contributed by atoms with Gasteiger partial charge in [0.05, 0.1) is 15.6 Å². The molecule has 0 saturated carbocycles. The summed E-state index contributed by atoms with van der Waals surface area (Å²) in [7, 11) is 0. The molecule has 1 atom stereocenters. The SMILES string of the molecule is CC(N)(c1cc(F)cc(F)c1)c1ccc(Cl)c(Cl)c1. The lowest BCUT2D eigenvalue weighted by molar-refractivity contribution is 0.550. The van der Waals surface area contributed by atoms with E-state index in [2.05, 4.69) is 0 Å². The Morgan fingerprint density at radius 1 is 0.895 bits per heavy atom. The maximum Gasteiger partial charge on any atom is 0.126 e. The zero-order valence-electron chi connectivity index (χ0n) is 10.1. The van der Waals surface area contributed by atoms with E-state index in [1.54, 1.807) is 25.1 Å². The van der Waals surface area contributed by atoms with Gasteiger partial charge in [-0.2, -0.15) is 0 Å². The molecule has 1 unspecified atom stereocenters. The van der Waals surface area contributed by atoms with Gasteiger partial charge in [0.1, 0.15) is 11.6 Å². The lowest BCUT2D eigenvalue weighted by atomic mass is 9.85. The van der Waals surface area contributed by atoms with E-state index in [0.29, 0.717) is 21.2 Å². The van der Waals surface area contributed by atoms with E-state index in [-0.39, 0.29) is 0 Å². The highest BCUT2D eigenvalue weighted by molar-refractivity contribution is 6.42. The smallest absolute Gasteiger partial charge is 0.126 e. The molecule has 0 aromatic heterocycles. The molecular weight excluding hydrogens is 291 g/mol. The third kappa shape index (κ3) is 2.89. The first-order chi connectivity index (χ1) is 8.80. The first kappa shape index (κ1) is 14.3. The van der Waals surface area contributed by atoms with E-state index in [9.17, 15) is 8.78 Å². The van der Waals surface area contributed by atoms with E-state index in [1.807, 2.05) is 0 Å². The van der Waals surface area contributed by atoms with Crippen molar-refractivity contribution in [2.24, 2.45) is 5.73 Å². The molecule has 0 saturated heterocycles. The van der Waals surface area contributed by atoms with Crippen LogP contribution in [0.25, 0.3) is 0 Å². The quantitative estimate of drug-likeness (QED) is 0.869. The molecule has 0 aliphatic rings. The van der Waals surface area contributed by atoms with Crippen molar-refractivity contribution in [3.05, 3.63) is 69.2 Å². The van der Waals surface area contributed by atoms with E-state index in [4.69, 9.17) is 28.9 Å². The van der Waals surface area contributed by atoms with Gasteiger partial charge >= 0.3 is 0 Å². The third-order valence-corrected chi connectivity index (χ3v) is 3.72. The minimum absolute atomic E-state index is 0.323. The predicted octanol–water partition coefficient (Wildman–Crippen LogP) is 4.49. The zero-order valence-corrected chi connectivity index (χ0v) is 11.6. The van der Waals surface area contributed by atoms with Gasteiger partial charge in [-0.15, -0.1) is 0 Å². The Morgan fingerprint density at radius 2 is 1.47 bits per heavy atom. The molecule has 2 aromatic rings. The summed E-state index contributed by atoms with van der Waals surface area (Å²) >= 11 is 11.8. The van der Waals surface area contributed by atoms with E-state index >= 15 is 0 Å². The maximum absolute atomic E-state index is 13.3. The second-order valence-electron chi connectivity index (χ2n) is 4.49. The van der Waals surface area contributed by atoms with Gasteiger partial charge in [-0.25, -0.2) is 8.78 Å². The highest BCUT2D eigenvalue weighted by Gasteiger charge is 2.25. The first-order valence-corrected chi connectivity index (χ1v) is 6.27. The lowest BCUT2D eigenvalue weighted by Gasteiger charge is -2.26. The normalized spacial score (nSPS) is 14.2. The molecule has 2 aromatic carbocycles. The summed E-state index contributed by atoms with van der Waals surface area (Å²) in [4.78, 5) is 0. The van der Waals surface area contributed by atoms with E-state index in [1.165, 1.54) is 12.1 Å². The fourth-order valence-electron chi connectivity index (χ4n) is 1.84. The minimum atomic E-state index is -1.07. The molecular formula is C14H11Cl2F2N. The van der Waals surface area contributed by atoms with Gasteiger partial charge in [-0.05, 0) is 42.3 Å². The fraction of sp³-hybridized carbons (Fsp3) is 0.143. The Kier molecular flexibility index (Phi) is 3.81. The minimum Gasteiger partial charge on any atom is -0.318 e. The number of halogens is 4. The summed E-state index contributed by atoms with van der Waals surface area (Å²) in [6, 6.07) is 8.06. The summed E-state index contributed by atoms with van der Waals surface area (Å²) < 4.78 is 26.5. The van der Waals surface area contributed by atoms with Crippen molar-refractivity contribution in [1.82, 2.24) is 0 Å². The molecule has 0 aliphatic heterocycles. The average Bonchev–Trinajstić information content (AvgIpc) is 2.31. The van der Waals surface area contributed by atoms with Crippen molar-refractivity contribution in [3.63, 3.8) is 0 Å². The molecule has 1 nitrogen and oxygen atoms in total. The Bertz CT molecular complexity index is 607. The van der Waals surface area contributed by atoms with Crippen LogP contribution in [0.15, 0.2) is 36.4 Å². The Balaban J connectivity index is 2.54. The second kappa shape index (κ2) is 5.08. The van der Waals surface area contributed by atoms with Crippen LogP contribution in [0.3, 0.4) is 0 Å². The van der Waals surface area contributed by atoms with Gasteiger partial charge in [-0.1, -0.05) is 29.3 Å². The average molecular weight is 302 g/mol. The standard InChI is InChI=1S/C14H11Cl2F2N/c1-14(19,8-2-3-12(15)13(16)6-8)9-4-10(17)7-11(18)5-9/h2-7H,19H2,1H3. The van der Waals surface area contributed by atoms with Gasteiger partial charge in [0.25, 0.3) is 0 Å². The van der Waals surface area contributed by atoms with Crippen LogP contribution in [0.2, 0.25) is 10.0 Å². The summed E-state index contributed by atoms with van der Waals surface area (Å²) in [6.45, 7) is 1.65. The topological polar surface area (TPSA) is 26.0 Å². The molecule has 0 amide bonds. The van der Waals surface area contributed by atoms with Crippen LogP contribution in [0.4, 0.5) is 8.78 Å². The third-order valence-electron chi connectivity index (χ3n) is 2.98. The zero-order chi connectivity index (χ0) is 14.2. The highest BCUT2D eigenvalue weighted by atomic mass is 35.5. The van der Waals surface area contributed by atoms with Gasteiger partial charge in [0.15, 0.2) is 0 Å². The van der Waals surface area contributed by atoms with Gasteiger partial charge in [-0.3, -0.25) is 0 Å². The molecule has 2 rings (SSSR count). The van der Waals surface area contributed by atoms with E-state index in [0.717, 1.165) is 6.07 Å². The van der Waals surface area contributed by atoms with Crippen molar-refractivity contribution < 1.29 is 8.78 Å². The summed E-state index contributed by atoms with van der Waals surface area (Å²) in [5, 5.41) is 0.736. The lowest BCUT2D eigenvalue weighted by Crippen LogP contribution is -2.34. The van der Waals surface area contributed by atoms with Gasteiger partial charge in [0, 0.05) is 6.07 Å². The Labute approximate surface area is 119 Å². The molecule has 19 heavy (non-hydrogen) atoms. The molecule has 0 aliphatic carbocycles. The van der Waals surface area contributed by atoms with Crippen LogP contribution in [-0.4, -0.2) is 0 Å². The first-order valence-electron chi connectivity index (χ1n) is 5.51. The number of hydrogen-bond donors (Lipinski definition) is 1. The van der Waals surface area contributed by atoms with Crippen LogP contribution in [0, 0.1) is 11.6 Å². The van der Waals surface area contributed by atoms with Crippen LogP contribution in [0.1, 0.15) is 18.1 Å². The van der Waals surface area contributed by atoms with Crippen LogP contribution < -0.4 is 5.73 Å². The summed E-state index contributed by atoms with van der Waals surface area (Å²) in [5.41, 5.74) is 6.05. The molecule has 0 spiro atoms. The highest BCUT2D eigenvalue weighted by Crippen LogP contribution is 2.32. The largest absolute Gasteiger partial charge is 0.318 e. The monoisotopic (exact) mass is 301 g/mol. The number of benzene rings is 2. The molecule has 0 fully saturated rings. The second-order valence-corrected chi connectivity index (χ2v) is 5.30. The summed E-state index contributed by atoms with van der Waals surface area (Å²) in [6.07, 6.45) is 0.